The Hall–Kier alpha value is -2.39. The summed E-state index contributed by atoms with van der Waals surface area (Å²) in [6.45, 7) is 4.84. The summed E-state index contributed by atoms with van der Waals surface area (Å²) in [4.78, 5) is 31.7. The van der Waals surface area contributed by atoms with Gasteiger partial charge >= 0.3 is 5.97 Å². The number of ether oxygens (including phenoxy) is 1. The van der Waals surface area contributed by atoms with E-state index < -0.39 is 19.0 Å². The van der Waals surface area contributed by atoms with Crippen LogP contribution in [0.3, 0.4) is 0 Å². The first-order valence-corrected chi connectivity index (χ1v) is 8.47. The summed E-state index contributed by atoms with van der Waals surface area (Å²) in [5.41, 5.74) is 0.630. The van der Waals surface area contributed by atoms with Crippen molar-refractivity contribution < 1.29 is 23.1 Å². The fourth-order valence-corrected chi connectivity index (χ4v) is 2.13. The Kier molecular flexibility index (Phi) is 10.1. The van der Waals surface area contributed by atoms with E-state index in [2.05, 4.69) is 21.6 Å². The lowest BCUT2D eigenvalue weighted by molar-refractivity contribution is -0.129. The smallest absolute Gasteiger partial charge is 0.338 e. The largest absolute Gasteiger partial charge is 0.456 e. The van der Waals surface area contributed by atoms with Gasteiger partial charge in [0, 0.05) is 32.4 Å². The molecule has 0 fully saturated rings. The standard InChI is InChI=1S/C18H26F2N4O3/c1-4-7-24(9-8-23(2)3)17(25)12-21-11-15-10-14(5-6-22-15)18(26)27-13-16(19)20/h4-6,10,16,21H,1,7-9,11-13H2,2-3H3. The van der Waals surface area contributed by atoms with Gasteiger partial charge in [0.2, 0.25) is 5.91 Å². The third-order valence-corrected chi connectivity index (χ3v) is 3.49. The number of hydrogen-bond acceptors (Lipinski definition) is 6. The molecular weight excluding hydrogens is 358 g/mol. The average molecular weight is 384 g/mol. The molecule has 1 N–H and O–H groups in total. The van der Waals surface area contributed by atoms with E-state index in [1.54, 1.807) is 11.0 Å². The van der Waals surface area contributed by atoms with Gasteiger partial charge in [0.25, 0.3) is 6.43 Å². The number of carbonyl (C=O) groups excluding carboxylic acids is 2. The highest BCUT2D eigenvalue weighted by Crippen LogP contribution is 2.05. The monoisotopic (exact) mass is 384 g/mol. The molecule has 0 aliphatic heterocycles. The first kappa shape index (κ1) is 22.7. The molecule has 1 heterocycles. The third kappa shape index (κ3) is 9.20. The fourth-order valence-electron chi connectivity index (χ4n) is 2.13. The van der Waals surface area contributed by atoms with Crippen LogP contribution in [0.25, 0.3) is 0 Å². The molecule has 0 radical (unpaired) electrons. The number of aromatic nitrogens is 1. The molecule has 0 unspecified atom stereocenters. The quantitative estimate of drug-likeness (QED) is 0.431. The molecule has 0 saturated carbocycles. The number of nitrogens with zero attached hydrogens (tertiary/aromatic N) is 3. The van der Waals surface area contributed by atoms with Crippen LogP contribution in [0.15, 0.2) is 31.0 Å². The molecule has 1 aromatic heterocycles. The zero-order chi connectivity index (χ0) is 20.2. The number of hydrogen-bond donors (Lipinski definition) is 1. The maximum absolute atomic E-state index is 12.3. The summed E-state index contributed by atoms with van der Waals surface area (Å²) in [5, 5.41) is 2.97. The zero-order valence-corrected chi connectivity index (χ0v) is 15.7. The van der Waals surface area contributed by atoms with Crippen LogP contribution < -0.4 is 5.32 Å². The van der Waals surface area contributed by atoms with Gasteiger partial charge in [-0.05, 0) is 26.2 Å². The van der Waals surface area contributed by atoms with Gasteiger partial charge in [0.15, 0.2) is 6.61 Å². The van der Waals surface area contributed by atoms with E-state index in [-0.39, 0.29) is 24.6 Å². The molecule has 0 aliphatic rings. The number of nitrogens with one attached hydrogen (secondary N) is 1. The third-order valence-electron chi connectivity index (χ3n) is 3.49. The van der Waals surface area contributed by atoms with Crippen molar-refractivity contribution in [2.75, 3.05) is 46.9 Å². The van der Waals surface area contributed by atoms with E-state index in [0.29, 0.717) is 18.8 Å². The topological polar surface area (TPSA) is 74.8 Å². The van der Waals surface area contributed by atoms with Crippen LogP contribution in [-0.4, -0.2) is 80.0 Å². The number of rotatable bonds is 12. The van der Waals surface area contributed by atoms with E-state index in [9.17, 15) is 18.4 Å². The summed E-state index contributed by atoms with van der Waals surface area (Å²) in [6.07, 6.45) is 0.344. The van der Waals surface area contributed by atoms with Crippen molar-refractivity contribution in [1.82, 2.24) is 20.1 Å². The molecule has 0 atom stereocenters. The van der Waals surface area contributed by atoms with Gasteiger partial charge in [-0.15, -0.1) is 6.58 Å². The van der Waals surface area contributed by atoms with E-state index in [1.165, 1.54) is 18.3 Å². The average Bonchev–Trinajstić information content (AvgIpc) is 2.63. The molecule has 7 nitrogen and oxygen atoms in total. The van der Waals surface area contributed by atoms with Crippen LogP contribution >= 0.6 is 0 Å². The van der Waals surface area contributed by atoms with Crippen molar-refractivity contribution in [3.8, 4) is 0 Å². The maximum Gasteiger partial charge on any atom is 0.338 e. The van der Waals surface area contributed by atoms with Crippen molar-refractivity contribution in [2.24, 2.45) is 0 Å². The number of pyridine rings is 1. The lowest BCUT2D eigenvalue weighted by Crippen LogP contribution is -2.41. The molecule has 150 valence electrons. The molecular formula is C18H26F2N4O3. The normalized spacial score (nSPS) is 10.9. The molecule has 0 aliphatic carbocycles. The highest BCUT2D eigenvalue weighted by molar-refractivity contribution is 5.89. The highest BCUT2D eigenvalue weighted by atomic mass is 19.3. The van der Waals surface area contributed by atoms with Gasteiger partial charge in [-0.25, -0.2) is 13.6 Å². The Morgan fingerprint density at radius 3 is 2.74 bits per heavy atom. The molecule has 9 heteroatoms. The lowest BCUT2D eigenvalue weighted by Gasteiger charge is -2.23. The molecule has 0 aromatic carbocycles. The molecule has 27 heavy (non-hydrogen) atoms. The van der Waals surface area contributed by atoms with Crippen molar-refractivity contribution in [3.63, 3.8) is 0 Å². The molecule has 1 rings (SSSR count). The van der Waals surface area contributed by atoms with E-state index in [1.807, 2.05) is 19.0 Å². The first-order valence-electron chi connectivity index (χ1n) is 8.47. The molecule has 0 spiro atoms. The second-order valence-electron chi connectivity index (χ2n) is 6.06. The van der Waals surface area contributed by atoms with Crippen molar-refractivity contribution in [2.45, 2.75) is 13.0 Å². The lowest BCUT2D eigenvalue weighted by atomic mass is 10.2. The van der Waals surface area contributed by atoms with E-state index >= 15 is 0 Å². The van der Waals surface area contributed by atoms with Crippen molar-refractivity contribution in [3.05, 3.63) is 42.2 Å². The fraction of sp³-hybridized carbons (Fsp3) is 0.500. The van der Waals surface area contributed by atoms with Crippen LogP contribution in [0.4, 0.5) is 8.78 Å². The van der Waals surface area contributed by atoms with Gasteiger partial charge < -0.3 is 19.9 Å². The summed E-state index contributed by atoms with van der Waals surface area (Å²) in [6, 6.07) is 2.83. The molecule has 1 aromatic rings. The van der Waals surface area contributed by atoms with Crippen LogP contribution in [-0.2, 0) is 16.1 Å². The van der Waals surface area contributed by atoms with Crippen molar-refractivity contribution in [1.29, 1.82) is 0 Å². The number of esters is 1. The Morgan fingerprint density at radius 1 is 1.37 bits per heavy atom. The Bertz CT molecular complexity index is 626. The minimum absolute atomic E-state index is 0.0794. The van der Waals surface area contributed by atoms with Gasteiger partial charge in [-0.1, -0.05) is 6.08 Å². The van der Waals surface area contributed by atoms with Crippen LogP contribution in [0.2, 0.25) is 0 Å². The zero-order valence-electron chi connectivity index (χ0n) is 15.7. The van der Waals surface area contributed by atoms with E-state index in [4.69, 9.17) is 0 Å². The second-order valence-corrected chi connectivity index (χ2v) is 6.06. The Morgan fingerprint density at radius 2 is 2.11 bits per heavy atom. The second kappa shape index (κ2) is 12.1. The summed E-state index contributed by atoms with van der Waals surface area (Å²) in [7, 11) is 3.86. The summed E-state index contributed by atoms with van der Waals surface area (Å²) >= 11 is 0. The molecule has 0 saturated heterocycles. The molecule has 1 amide bonds. The van der Waals surface area contributed by atoms with Crippen LogP contribution in [0.5, 0.6) is 0 Å². The highest BCUT2D eigenvalue weighted by Gasteiger charge is 2.14. The number of likely N-dealkylation sites (N-methyl/N-ethyl adjacent to an activating group) is 1. The predicted molar refractivity (Wildman–Crippen MR) is 97.6 cm³/mol. The minimum Gasteiger partial charge on any atom is -0.456 e. The van der Waals surface area contributed by atoms with E-state index in [0.717, 1.165) is 6.54 Å². The summed E-state index contributed by atoms with van der Waals surface area (Å²) in [5.74, 6) is -0.917. The van der Waals surface area contributed by atoms with Gasteiger partial charge in [-0.2, -0.15) is 0 Å². The maximum atomic E-state index is 12.3. The number of carbonyl (C=O) groups is 2. The Labute approximate surface area is 158 Å². The van der Waals surface area contributed by atoms with Crippen LogP contribution in [0, 0.1) is 0 Å². The summed E-state index contributed by atoms with van der Waals surface area (Å²) < 4.78 is 28.7. The van der Waals surface area contributed by atoms with Gasteiger partial charge in [-0.3, -0.25) is 9.78 Å². The Balaban J connectivity index is 2.52. The van der Waals surface area contributed by atoms with Gasteiger partial charge in [0.1, 0.15) is 0 Å². The van der Waals surface area contributed by atoms with Crippen LogP contribution in [0.1, 0.15) is 16.1 Å². The molecule has 0 bridgehead atoms. The number of amides is 1. The number of alkyl halides is 2. The number of halogens is 2. The predicted octanol–water partition coefficient (Wildman–Crippen LogP) is 1.17. The van der Waals surface area contributed by atoms with Gasteiger partial charge in [0.05, 0.1) is 17.8 Å². The first-order chi connectivity index (χ1) is 12.8. The van der Waals surface area contributed by atoms with Crippen molar-refractivity contribution >= 4 is 11.9 Å². The minimum atomic E-state index is -2.71. The SMILES string of the molecule is C=CCN(CCN(C)C)C(=O)CNCc1cc(C(=O)OCC(F)F)ccn1.